The van der Waals surface area contributed by atoms with Crippen molar-refractivity contribution in [2.45, 2.75) is 25.3 Å². The fraction of sp³-hybridized carbons (Fsp3) is 0.320. The van der Waals surface area contributed by atoms with Gasteiger partial charge in [-0.1, -0.05) is 24.3 Å². The molecule has 2 aliphatic heterocycles. The molecular formula is C25H25N3O7. The summed E-state index contributed by atoms with van der Waals surface area (Å²) in [7, 11) is 1.29. The van der Waals surface area contributed by atoms with Crippen LogP contribution >= 0.6 is 0 Å². The van der Waals surface area contributed by atoms with Gasteiger partial charge in [0.15, 0.2) is 23.0 Å². The first-order chi connectivity index (χ1) is 17.1. The minimum atomic E-state index is -0.888. The van der Waals surface area contributed by atoms with Gasteiger partial charge < -0.3 is 34.0 Å². The monoisotopic (exact) mass is 479 g/mol. The minimum absolute atomic E-state index is 0.134. The first kappa shape index (κ1) is 22.6. The summed E-state index contributed by atoms with van der Waals surface area (Å²) in [5.74, 6) is 1.15. The van der Waals surface area contributed by atoms with Crippen LogP contribution in [-0.2, 0) is 33.6 Å². The van der Waals surface area contributed by atoms with Crippen molar-refractivity contribution in [3.63, 3.8) is 0 Å². The highest BCUT2D eigenvalue weighted by Crippen LogP contribution is 2.39. The number of rotatable bonds is 9. The highest BCUT2D eigenvalue weighted by molar-refractivity contribution is 5.86. The Morgan fingerprint density at radius 2 is 1.60 bits per heavy atom. The number of esters is 1. The third-order valence-corrected chi connectivity index (χ3v) is 6.03. The average molecular weight is 479 g/mol. The van der Waals surface area contributed by atoms with Crippen LogP contribution in [0.5, 0.6) is 23.0 Å². The minimum Gasteiger partial charge on any atom is -0.467 e. The number of hydrogen-bond acceptors (Lipinski definition) is 8. The molecule has 1 amide bonds. The Balaban J connectivity index is 1.42. The van der Waals surface area contributed by atoms with E-state index in [2.05, 4.69) is 15.3 Å². The van der Waals surface area contributed by atoms with Crippen molar-refractivity contribution in [3.05, 3.63) is 65.7 Å². The number of aromatic nitrogens is 2. The van der Waals surface area contributed by atoms with Crippen LogP contribution in [0, 0.1) is 5.92 Å². The van der Waals surface area contributed by atoms with Crippen LogP contribution in [0.1, 0.15) is 16.8 Å². The molecule has 0 saturated heterocycles. The van der Waals surface area contributed by atoms with Gasteiger partial charge in [0.2, 0.25) is 19.5 Å². The molecular weight excluding hydrogens is 454 g/mol. The molecule has 0 fully saturated rings. The molecule has 2 N–H and O–H groups in total. The standard InChI is InChI=1S/C25H25N3O7/c1-31-25(30)19(10-18-11-26-12-27-18)28-24(29)17(8-15-4-2-6-20-22(15)34-13-32-20)9-16-5-3-7-21-23(16)35-14-33-21/h2-7,11-12,17,19H,8-10,13-14H2,1H3,(H,26,27)(H,28,29)/t19-/m0/s1. The van der Waals surface area contributed by atoms with Crippen LogP contribution in [0.2, 0.25) is 0 Å². The van der Waals surface area contributed by atoms with Gasteiger partial charge in [0.25, 0.3) is 0 Å². The first-order valence-corrected chi connectivity index (χ1v) is 11.2. The molecule has 0 unspecified atom stereocenters. The number of nitrogens with one attached hydrogen (secondary N) is 2. The zero-order chi connectivity index (χ0) is 24.2. The molecule has 1 aromatic heterocycles. The second kappa shape index (κ2) is 9.96. The Morgan fingerprint density at radius 3 is 2.14 bits per heavy atom. The molecule has 2 aromatic carbocycles. The van der Waals surface area contributed by atoms with E-state index >= 15 is 0 Å². The van der Waals surface area contributed by atoms with E-state index < -0.39 is 17.9 Å². The molecule has 10 heteroatoms. The molecule has 0 spiro atoms. The van der Waals surface area contributed by atoms with Gasteiger partial charge in [-0.2, -0.15) is 0 Å². The van der Waals surface area contributed by atoms with Gasteiger partial charge in [0, 0.05) is 18.5 Å². The topological polar surface area (TPSA) is 121 Å². The molecule has 1 atom stereocenters. The van der Waals surface area contributed by atoms with Crippen LogP contribution in [0.25, 0.3) is 0 Å². The van der Waals surface area contributed by atoms with Gasteiger partial charge in [0.05, 0.1) is 19.1 Å². The van der Waals surface area contributed by atoms with Crippen molar-refractivity contribution < 1.29 is 33.3 Å². The number of para-hydroxylation sites is 2. The van der Waals surface area contributed by atoms with E-state index in [1.807, 2.05) is 36.4 Å². The van der Waals surface area contributed by atoms with Gasteiger partial charge in [-0.15, -0.1) is 0 Å². The van der Waals surface area contributed by atoms with Gasteiger partial charge in [-0.3, -0.25) is 4.79 Å². The third kappa shape index (κ3) is 4.86. The van der Waals surface area contributed by atoms with Crippen molar-refractivity contribution >= 4 is 11.9 Å². The lowest BCUT2D eigenvalue weighted by Crippen LogP contribution is -2.46. The molecule has 0 aliphatic carbocycles. The summed E-state index contributed by atoms with van der Waals surface area (Å²) in [4.78, 5) is 33.1. The largest absolute Gasteiger partial charge is 0.467 e. The molecule has 3 heterocycles. The predicted molar refractivity (Wildman–Crippen MR) is 122 cm³/mol. The van der Waals surface area contributed by atoms with E-state index in [1.54, 1.807) is 6.20 Å². The van der Waals surface area contributed by atoms with Gasteiger partial charge >= 0.3 is 5.97 Å². The highest BCUT2D eigenvalue weighted by atomic mass is 16.7. The van der Waals surface area contributed by atoms with Crippen LogP contribution in [0.4, 0.5) is 0 Å². The Kier molecular flexibility index (Phi) is 6.42. The molecule has 35 heavy (non-hydrogen) atoms. The number of nitrogens with zero attached hydrogens (tertiary/aromatic N) is 1. The van der Waals surface area contributed by atoms with E-state index in [1.165, 1.54) is 13.4 Å². The van der Waals surface area contributed by atoms with Crippen molar-refractivity contribution in [1.82, 2.24) is 15.3 Å². The van der Waals surface area contributed by atoms with Crippen molar-refractivity contribution in [2.24, 2.45) is 5.92 Å². The summed E-state index contributed by atoms with van der Waals surface area (Å²) in [6.07, 6.45) is 4.11. The number of ether oxygens (including phenoxy) is 5. The summed E-state index contributed by atoms with van der Waals surface area (Å²) >= 11 is 0. The second-order valence-corrected chi connectivity index (χ2v) is 8.26. The summed E-state index contributed by atoms with van der Waals surface area (Å²) in [5, 5.41) is 2.87. The van der Waals surface area contributed by atoms with E-state index in [4.69, 9.17) is 23.7 Å². The van der Waals surface area contributed by atoms with E-state index in [-0.39, 0.29) is 25.9 Å². The Labute approximate surface area is 201 Å². The number of hydrogen-bond donors (Lipinski definition) is 2. The van der Waals surface area contributed by atoms with Crippen LogP contribution in [0.3, 0.4) is 0 Å². The Bertz CT molecular complexity index is 1150. The van der Waals surface area contributed by atoms with Crippen molar-refractivity contribution in [1.29, 1.82) is 0 Å². The summed E-state index contributed by atoms with van der Waals surface area (Å²) in [5.41, 5.74) is 2.31. The molecule has 3 aromatic rings. The smallest absolute Gasteiger partial charge is 0.328 e. The first-order valence-electron chi connectivity index (χ1n) is 11.2. The number of fused-ring (bicyclic) bond motifs is 2. The van der Waals surface area contributed by atoms with Crippen molar-refractivity contribution in [3.8, 4) is 23.0 Å². The summed E-state index contributed by atoms with van der Waals surface area (Å²) in [6.45, 7) is 0.267. The average Bonchev–Trinajstić information content (AvgIpc) is 3.64. The summed E-state index contributed by atoms with van der Waals surface area (Å²) < 4.78 is 27.2. The fourth-order valence-corrected chi connectivity index (χ4v) is 4.33. The molecule has 0 radical (unpaired) electrons. The van der Waals surface area contributed by atoms with Crippen LogP contribution in [-0.4, -0.2) is 48.6 Å². The maximum absolute atomic E-state index is 13.6. The third-order valence-electron chi connectivity index (χ3n) is 6.03. The SMILES string of the molecule is COC(=O)[C@H](Cc1c[nH]cn1)NC(=O)C(Cc1cccc2c1OCO2)Cc1cccc2c1OCO2. The zero-order valence-electron chi connectivity index (χ0n) is 19.1. The normalized spacial score (nSPS) is 14.1. The van der Waals surface area contributed by atoms with Gasteiger partial charge in [-0.05, 0) is 36.1 Å². The molecule has 5 rings (SSSR count). The quantitative estimate of drug-likeness (QED) is 0.448. The number of carbonyl (C=O) groups excluding carboxylic acids is 2. The number of carbonyl (C=O) groups is 2. The lowest BCUT2D eigenvalue weighted by Gasteiger charge is -2.22. The highest BCUT2D eigenvalue weighted by Gasteiger charge is 2.31. The number of H-pyrrole nitrogens is 1. The Hall–Kier alpha value is -4.21. The second-order valence-electron chi connectivity index (χ2n) is 8.26. The molecule has 2 aliphatic rings. The van der Waals surface area contributed by atoms with Gasteiger partial charge in [0.1, 0.15) is 6.04 Å². The lowest BCUT2D eigenvalue weighted by molar-refractivity contribution is -0.145. The predicted octanol–water partition coefficient (Wildman–Crippen LogP) is 2.17. The molecule has 0 bridgehead atoms. The Morgan fingerprint density at radius 1 is 0.971 bits per heavy atom. The number of amides is 1. The number of imidazole rings is 1. The molecule has 10 nitrogen and oxygen atoms in total. The molecule has 0 saturated carbocycles. The number of aromatic amines is 1. The molecule has 182 valence electrons. The van der Waals surface area contributed by atoms with E-state index in [0.29, 0.717) is 41.5 Å². The maximum Gasteiger partial charge on any atom is 0.328 e. The maximum atomic E-state index is 13.6. The number of benzene rings is 2. The summed E-state index contributed by atoms with van der Waals surface area (Å²) in [6, 6.07) is 10.3. The zero-order valence-corrected chi connectivity index (χ0v) is 19.1. The van der Waals surface area contributed by atoms with E-state index in [0.717, 1.165) is 11.1 Å². The lowest BCUT2D eigenvalue weighted by atomic mass is 9.90. The van der Waals surface area contributed by atoms with E-state index in [9.17, 15) is 9.59 Å². The van der Waals surface area contributed by atoms with Gasteiger partial charge in [-0.25, -0.2) is 9.78 Å². The fourth-order valence-electron chi connectivity index (χ4n) is 4.33. The van der Waals surface area contributed by atoms with Crippen LogP contribution < -0.4 is 24.3 Å². The number of methoxy groups -OCH3 is 1. The van der Waals surface area contributed by atoms with Crippen LogP contribution in [0.15, 0.2) is 48.9 Å². The van der Waals surface area contributed by atoms with Crippen molar-refractivity contribution in [2.75, 3.05) is 20.7 Å².